The molecule has 2 heteroatoms. The first-order chi connectivity index (χ1) is 7.24. The highest BCUT2D eigenvalue weighted by Gasteiger charge is 2.07. The smallest absolute Gasteiger partial charge is 0.330 e. The predicted octanol–water partition coefficient (Wildman–Crippen LogP) is 3.73. The van der Waals surface area contributed by atoms with Gasteiger partial charge in [-0.15, -0.1) is 13.2 Å². The highest BCUT2D eigenvalue weighted by Crippen LogP contribution is 2.12. The van der Waals surface area contributed by atoms with Crippen molar-refractivity contribution in [1.82, 2.24) is 0 Å². The van der Waals surface area contributed by atoms with Gasteiger partial charge in [-0.1, -0.05) is 39.7 Å². The SMILES string of the molecule is C=C.C=CC(=O)OCC(CC)CCCC. The Morgan fingerprint density at radius 1 is 1.40 bits per heavy atom. The van der Waals surface area contributed by atoms with Crippen LogP contribution < -0.4 is 0 Å². The van der Waals surface area contributed by atoms with Crippen molar-refractivity contribution >= 4 is 5.97 Å². The van der Waals surface area contributed by atoms with Crippen molar-refractivity contribution in [2.45, 2.75) is 39.5 Å². The van der Waals surface area contributed by atoms with E-state index in [-0.39, 0.29) is 5.97 Å². The van der Waals surface area contributed by atoms with Gasteiger partial charge in [-0.05, 0) is 12.3 Å². The van der Waals surface area contributed by atoms with Gasteiger partial charge in [0.05, 0.1) is 6.61 Å². The lowest BCUT2D eigenvalue weighted by Crippen LogP contribution is -2.12. The van der Waals surface area contributed by atoms with Gasteiger partial charge in [0, 0.05) is 6.08 Å². The maximum Gasteiger partial charge on any atom is 0.330 e. The van der Waals surface area contributed by atoms with Gasteiger partial charge in [0.1, 0.15) is 0 Å². The molecule has 2 nitrogen and oxygen atoms in total. The maximum atomic E-state index is 10.8. The van der Waals surface area contributed by atoms with Crippen molar-refractivity contribution in [3.05, 3.63) is 25.8 Å². The Hall–Kier alpha value is -1.05. The van der Waals surface area contributed by atoms with Crippen LogP contribution in [0.3, 0.4) is 0 Å². The lowest BCUT2D eigenvalue weighted by molar-refractivity contribution is -0.139. The van der Waals surface area contributed by atoms with Gasteiger partial charge < -0.3 is 4.74 Å². The third-order valence-electron chi connectivity index (χ3n) is 2.17. The van der Waals surface area contributed by atoms with E-state index in [1.807, 2.05) is 0 Å². The molecule has 0 radical (unpaired) electrons. The summed E-state index contributed by atoms with van der Waals surface area (Å²) < 4.78 is 4.98. The molecule has 0 aromatic carbocycles. The molecule has 0 aromatic rings. The van der Waals surface area contributed by atoms with Crippen molar-refractivity contribution in [3.8, 4) is 0 Å². The number of rotatable bonds is 7. The monoisotopic (exact) mass is 212 g/mol. The Morgan fingerprint density at radius 2 is 2.00 bits per heavy atom. The Balaban J connectivity index is 0. The molecule has 0 aliphatic heterocycles. The number of esters is 1. The van der Waals surface area contributed by atoms with Crippen LogP contribution in [0.25, 0.3) is 0 Å². The third-order valence-corrected chi connectivity index (χ3v) is 2.17. The van der Waals surface area contributed by atoms with Crippen molar-refractivity contribution in [1.29, 1.82) is 0 Å². The Morgan fingerprint density at radius 3 is 2.40 bits per heavy atom. The van der Waals surface area contributed by atoms with Gasteiger partial charge in [-0.3, -0.25) is 0 Å². The summed E-state index contributed by atoms with van der Waals surface area (Å²) in [4.78, 5) is 10.8. The molecule has 88 valence electrons. The molecule has 0 bridgehead atoms. The number of hydrogen-bond donors (Lipinski definition) is 0. The number of carbonyl (C=O) groups is 1. The van der Waals surface area contributed by atoms with E-state index in [0.717, 1.165) is 12.8 Å². The van der Waals surface area contributed by atoms with E-state index in [4.69, 9.17) is 4.74 Å². The van der Waals surface area contributed by atoms with Crippen LogP contribution in [0.2, 0.25) is 0 Å². The fourth-order valence-electron chi connectivity index (χ4n) is 1.16. The predicted molar refractivity (Wildman–Crippen MR) is 65.7 cm³/mol. The summed E-state index contributed by atoms with van der Waals surface area (Å²) in [5.74, 6) is 0.207. The molecule has 0 spiro atoms. The van der Waals surface area contributed by atoms with Crippen molar-refractivity contribution in [2.24, 2.45) is 5.92 Å². The lowest BCUT2D eigenvalue weighted by atomic mass is 10.0. The molecule has 1 unspecified atom stereocenters. The molecule has 0 fully saturated rings. The van der Waals surface area contributed by atoms with Gasteiger partial charge in [-0.25, -0.2) is 4.79 Å². The normalized spacial score (nSPS) is 10.8. The minimum atomic E-state index is -0.310. The summed E-state index contributed by atoms with van der Waals surface area (Å²) in [6, 6.07) is 0. The molecule has 15 heavy (non-hydrogen) atoms. The van der Waals surface area contributed by atoms with E-state index in [2.05, 4.69) is 33.6 Å². The molecule has 0 aromatic heterocycles. The summed E-state index contributed by atoms with van der Waals surface area (Å²) in [6.45, 7) is 14.2. The summed E-state index contributed by atoms with van der Waals surface area (Å²) in [7, 11) is 0. The summed E-state index contributed by atoms with van der Waals surface area (Å²) >= 11 is 0. The Bertz CT molecular complexity index is 164. The van der Waals surface area contributed by atoms with Crippen LogP contribution in [0.5, 0.6) is 0 Å². The van der Waals surface area contributed by atoms with Crippen molar-refractivity contribution in [2.75, 3.05) is 6.61 Å². The number of hydrogen-bond acceptors (Lipinski definition) is 2. The van der Waals surface area contributed by atoms with E-state index in [1.165, 1.54) is 18.9 Å². The second-order valence-corrected chi connectivity index (χ2v) is 3.25. The molecular weight excluding hydrogens is 188 g/mol. The molecule has 0 saturated carbocycles. The minimum Gasteiger partial charge on any atom is -0.462 e. The van der Waals surface area contributed by atoms with Crippen molar-refractivity contribution in [3.63, 3.8) is 0 Å². The molecule has 0 N–H and O–H groups in total. The molecular formula is C13H24O2. The average Bonchev–Trinajstić information content (AvgIpc) is 2.31. The zero-order valence-electron chi connectivity index (χ0n) is 10.1. The average molecular weight is 212 g/mol. The maximum absolute atomic E-state index is 10.8. The number of unbranched alkanes of at least 4 members (excludes halogenated alkanes) is 1. The zero-order chi connectivity index (χ0) is 12.1. The molecule has 0 heterocycles. The van der Waals surface area contributed by atoms with Crippen LogP contribution >= 0.6 is 0 Å². The first-order valence-corrected chi connectivity index (χ1v) is 5.53. The molecule has 0 rings (SSSR count). The van der Waals surface area contributed by atoms with Gasteiger partial charge in [0.25, 0.3) is 0 Å². The van der Waals surface area contributed by atoms with Crippen LogP contribution in [0, 0.1) is 5.92 Å². The van der Waals surface area contributed by atoms with Crippen LogP contribution in [0.1, 0.15) is 39.5 Å². The van der Waals surface area contributed by atoms with Gasteiger partial charge >= 0.3 is 5.97 Å². The van der Waals surface area contributed by atoms with E-state index < -0.39 is 0 Å². The standard InChI is InChI=1S/C11H20O2.C2H4/c1-4-7-8-10(5-2)9-13-11(12)6-3;1-2/h6,10H,3-5,7-9H2,1-2H3;1-2H2. The van der Waals surface area contributed by atoms with Crippen LogP contribution in [0.15, 0.2) is 25.8 Å². The number of ether oxygens (including phenoxy) is 1. The van der Waals surface area contributed by atoms with E-state index in [1.54, 1.807) is 0 Å². The summed E-state index contributed by atoms with van der Waals surface area (Å²) in [6.07, 6.45) is 5.85. The minimum absolute atomic E-state index is 0.310. The quantitative estimate of drug-likeness (QED) is 0.365. The molecule has 0 amide bonds. The van der Waals surface area contributed by atoms with Crippen LogP contribution in [-0.2, 0) is 9.53 Å². The zero-order valence-corrected chi connectivity index (χ0v) is 10.1. The fraction of sp³-hybridized carbons (Fsp3) is 0.615. The first-order valence-electron chi connectivity index (χ1n) is 5.53. The van der Waals surface area contributed by atoms with E-state index in [9.17, 15) is 4.79 Å². The second kappa shape index (κ2) is 12.9. The summed E-state index contributed by atoms with van der Waals surface area (Å²) in [5, 5.41) is 0. The molecule has 0 saturated heterocycles. The lowest BCUT2D eigenvalue weighted by Gasteiger charge is -2.13. The topological polar surface area (TPSA) is 26.3 Å². The van der Waals surface area contributed by atoms with Gasteiger partial charge in [0.15, 0.2) is 0 Å². The number of carbonyl (C=O) groups excluding carboxylic acids is 1. The molecule has 1 atom stereocenters. The van der Waals surface area contributed by atoms with Gasteiger partial charge in [0.2, 0.25) is 0 Å². The van der Waals surface area contributed by atoms with Gasteiger partial charge in [-0.2, -0.15) is 0 Å². The fourth-order valence-corrected chi connectivity index (χ4v) is 1.16. The molecule has 0 aliphatic carbocycles. The third kappa shape index (κ3) is 10.9. The summed E-state index contributed by atoms with van der Waals surface area (Å²) in [5.41, 5.74) is 0. The van der Waals surface area contributed by atoms with Crippen LogP contribution in [-0.4, -0.2) is 12.6 Å². The Kier molecular flexibility index (Phi) is 14.1. The largest absolute Gasteiger partial charge is 0.462 e. The highest BCUT2D eigenvalue weighted by molar-refractivity contribution is 5.81. The first kappa shape index (κ1) is 16.4. The second-order valence-electron chi connectivity index (χ2n) is 3.25. The Labute approximate surface area is 94.0 Å². The van der Waals surface area contributed by atoms with Crippen LogP contribution in [0.4, 0.5) is 0 Å². The highest BCUT2D eigenvalue weighted by atomic mass is 16.5. The van der Waals surface area contributed by atoms with E-state index in [0.29, 0.717) is 12.5 Å². The van der Waals surface area contributed by atoms with E-state index >= 15 is 0 Å². The molecule has 0 aliphatic rings. The van der Waals surface area contributed by atoms with Crippen molar-refractivity contribution < 1.29 is 9.53 Å².